The van der Waals surface area contributed by atoms with Gasteiger partial charge in [0, 0.05) is 0 Å². The molecular weight excluding hydrogens is 364 g/mol. The fourth-order valence-electron chi connectivity index (χ4n) is 1.67. The van der Waals surface area contributed by atoms with Gasteiger partial charge in [0.05, 0.1) is 7.11 Å². The van der Waals surface area contributed by atoms with E-state index < -0.39 is 51.5 Å². The number of unbranched alkanes of at least 4 members (excludes halogenated alkanes) is 1. The van der Waals surface area contributed by atoms with E-state index in [2.05, 4.69) is 4.74 Å². The molecule has 0 aliphatic heterocycles. The molecule has 0 aromatic carbocycles. The van der Waals surface area contributed by atoms with E-state index in [4.69, 9.17) is 0 Å². The zero-order valence-electron chi connectivity index (χ0n) is 12.4. The Kier molecular flexibility index (Phi) is 5.92. The van der Waals surface area contributed by atoms with Crippen LogP contribution in [0.25, 0.3) is 0 Å². The van der Waals surface area contributed by atoms with Gasteiger partial charge in [0.1, 0.15) is 0 Å². The first-order valence-corrected chi connectivity index (χ1v) is 8.10. The Morgan fingerprint density at radius 2 is 1.57 bits per heavy atom. The van der Waals surface area contributed by atoms with Gasteiger partial charge in [0.2, 0.25) is 9.84 Å². The first kappa shape index (κ1) is 22.1. The molecule has 0 bridgehead atoms. The van der Waals surface area contributed by atoms with E-state index in [9.17, 15) is 43.1 Å². The van der Waals surface area contributed by atoms with Crippen molar-refractivity contribution in [2.75, 3.05) is 7.11 Å². The highest BCUT2D eigenvalue weighted by Crippen LogP contribution is 2.60. The van der Waals surface area contributed by atoms with Gasteiger partial charge in [-0.1, -0.05) is 19.8 Å². The minimum atomic E-state index is -8.77. The third-order valence-corrected chi connectivity index (χ3v) is 5.93. The maximum atomic E-state index is 14.1. The summed E-state index contributed by atoms with van der Waals surface area (Å²) < 4.78 is 122. The van der Waals surface area contributed by atoms with Gasteiger partial charge in [-0.05, 0) is 13.3 Å². The van der Waals surface area contributed by atoms with Crippen molar-refractivity contribution >= 4 is 15.8 Å². The standard InChI is InChI=1S/C11H16F8O3S/c1-4-5-6-7(8(20)22-3)23(18,19,21)11(16,17)9(2,12)10(13,14)15/h7H,4-6H2,1-3H3. The largest absolute Gasteiger partial charge is 0.468 e. The molecule has 0 saturated carbocycles. The lowest BCUT2D eigenvalue weighted by Crippen LogP contribution is -2.66. The van der Waals surface area contributed by atoms with E-state index in [1.165, 1.54) is 6.92 Å². The Morgan fingerprint density at radius 3 is 1.87 bits per heavy atom. The Bertz CT molecular complexity index is 508. The van der Waals surface area contributed by atoms with Gasteiger partial charge in [-0.15, -0.1) is 7.77 Å². The number of hydrogen-bond donors (Lipinski definition) is 0. The molecule has 0 spiro atoms. The van der Waals surface area contributed by atoms with Crippen molar-refractivity contribution < 1.29 is 47.9 Å². The van der Waals surface area contributed by atoms with E-state index in [-0.39, 0.29) is 12.8 Å². The average Bonchev–Trinajstić information content (AvgIpc) is 2.35. The van der Waals surface area contributed by atoms with Crippen molar-refractivity contribution in [2.24, 2.45) is 0 Å². The van der Waals surface area contributed by atoms with Gasteiger partial charge in [0.25, 0.3) is 5.67 Å². The molecule has 0 saturated heterocycles. The second kappa shape index (κ2) is 6.17. The smallest absolute Gasteiger partial charge is 0.429 e. The zero-order chi connectivity index (χ0) is 18.9. The van der Waals surface area contributed by atoms with E-state index in [0.29, 0.717) is 7.11 Å². The van der Waals surface area contributed by atoms with Gasteiger partial charge in [0.15, 0.2) is 5.25 Å². The molecule has 2 unspecified atom stereocenters. The van der Waals surface area contributed by atoms with E-state index in [0.717, 1.165) is 0 Å². The quantitative estimate of drug-likeness (QED) is 0.378. The fraction of sp³-hybridized carbons (Fsp3) is 0.909. The molecule has 2 atom stereocenters. The van der Waals surface area contributed by atoms with Crippen LogP contribution in [0.15, 0.2) is 0 Å². The molecular formula is C11H16F8O3S. The maximum absolute atomic E-state index is 14.1. The number of esters is 1. The summed E-state index contributed by atoms with van der Waals surface area (Å²) in [6.45, 7) is 0.545. The second-order valence-electron chi connectivity index (χ2n) is 4.99. The molecule has 23 heavy (non-hydrogen) atoms. The third-order valence-electron chi connectivity index (χ3n) is 3.28. The molecule has 0 heterocycles. The SMILES string of the molecule is CCCCC(C(=O)OC)S(=O)(F)(F)C(F)(F)C(C)(F)C(F)(F)F. The number of halogens is 8. The van der Waals surface area contributed by atoms with Crippen molar-refractivity contribution in [3.05, 3.63) is 0 Å². The van der Waals surface area contributed by atoms with Crippen LogP contribution in [0.1, 0.15) is 33.1 Å². The molecule has 0 fully saturated rings. The van der Waals surface area contributed by atoms with Crippen molar-refractivity contribution in [3.8, 4) is 0 Å². The van der Waals surface area contributed by atoms with Crippen LogP contribution in [0.4, 0.5) is 34.1 Å². The lowest BCUT2D eigenvalue weighted by molar-refractivity contribution is -0.274. The summed E-state index contributed by atoms with van der Waals surface area (Å²) >= 11 is 0. The zero-order valence-corrected chi connectivity index (χ0v) is 13.2. The van der Waals surface area contributed by atoms with Gasteiger partial charge >= 0.3 is 17.4 Å². The number of carbonyl (C=O) groups is 1. The maximum Gasteiger partial charge on any atom is 0.429 e. The molecule has 0 rings (SSSR count). The van der Waals surface area contributed by atoms with Crippen molar-refractivity contribution in [1.82, 2.24) is 0 Å². The number of rotatable bonds is 7. The molecule has 0 radical (unpaired) electrons. The summed E-state index contributed by atoms with van der Waals surface area (Å²) in [5.41, 5.74) is -5.81. The second-order valence-corrected chi connectivity index (χ2v) is 7.70. The van der Waals surface area contributed by atoms with Gasteiger partial charge in [-0.25, -0.2) is 8.60 Å². The highest BCUT2D eigenvalue weighted by molar-refractivity contribution is 8.13. The fourth-order valence-corrected chi connectivity index (χ4v) is 3.79. The number of ether oxygens (including phenoxy) is 1. The predicted octanol–water partition coefficient (Wildman–Crippen LogP) is 4.19. The van der Waals surface area contributed by atoms with Crippen molar-refractivity contribution in [2.45, 2.75) is 55.5 Å². The van der Waals surface area contributed by atoms with Crippen LogP contribution in [-0.2, 0) is 19.4 Å². The summed E-state index contributed by atoms with van der Waals surface area (Å²) in [5, 5.41) is -10.0. The van der Waals surface area contributed by atoms with Crippen molar-refractivity contribution in [1.29, 1.82) is 0 Å². The summed E-state index contributed by atoms with van der Waals surface area (Å²) in [7, 11) is -8.27. The first-order chi connectivity index (χ1) is 9.96. The van der Waals surface area contributed by atoms with E-state index >= 15 is 0 Å². The molecule has 0 aromatic heterocycles. The minimum absolute atomic E-state index is 0.0775. The van der Waals surface area contributed by atoms with Crippen LogP contribution in [-0.4, -0.2) is 39.6 Å². The lowest BCUT2D eigenvalue weighted by Gasteiger charge is -2.43. The van der Waals surface area contributed by atoms with Crippen LogP contribution in [0.2, 0.25) is 0 Å². The minimum Gasteiger partial charge on any atom is -0.468 e. The van der Waals surface area contributed by atoms with Crippen LogP contribution in [0.3, 0.4) is 0 Å². The molecule has 0 aliphatic rings. The number of hydrogen-bond acceptors (Lipinski definition) is 3. The van der Waals surface area contributed by atoms with Crippen LogP contribution in [0.5, 0.6) is 0 Å². The predicted molar refractivity (Wildman–Crippen MR) is 66.2 cm³/mol. The van der Waals surface area contributed by atoms with Crippen molar-refractivity contribution in [3.63, 3.8) is 0 Å². The van der Waals surface area contributed by atoms with Gasteiger partial charge in [-0.2, -0.15) is 22.0 Å². The van der Waals surface area contributed by atoms with Crippen LogP contribution < -0.4 is 0 Å². The van der Waals surface area contributed by atoms with E-state index in [1.807, 2.05) is 0 Å². The number of carbonyl (C=O) groups excluding carboxylic acids is 1. The topological polar surface area (TPSA) is 43.4 Å². The third kappa shape index (κ3) is 3.45. The Hall–Kier alpha value is -0.940. The highest BCUT2D eigenvalue weighted by atomic mass is 32.3. The Labute approximate surface area is 127 Å². The molecule has 12 heteroatoms. The number of alkyl halides is 6. The van der Waals surface area contributed by atoms with Crippen LogP contribution in [0, 0.1) is 0 Å². The summed E-state index contributed by atoms with van der Waals surface area (Å²) in [6, 6.07) is 0. The molecule has 140 valence electrons. The summed E-state index contributed by atoms with van der Waals surface area (Å²) in [5.74, 6) is -2.10. The summed E-state index contributed by atoms with van der Waals surface area (Å²) in [4.78, 5) is 11.3. The monoisotopic (exact) mass is 380 g/mol. The molecule has 3 nitrogen and oxygen atoms in total. The molecule has 0 N–H and O–H groups in total. The first-order valence-electron chi connectivity index (χ1n) is 6.27. The molecule has 0 aromatic rings. The molecule has 0 amide bonds. The molecule has 0 aliphatic carbocycles. The van der Waals surface area contributed by atoms with Gasteiger partial charge in [-0.3, -0.25) is 4.79 Å². The Morgan fingerprint density at radius 1 is 1.13 bits per heavy atom. The normalized spacial score (nSPS) is 19.3. The van der Waals surface area contributed by atoms with Gasteiger partial charge < -0.3 is 4.74 Å². The highest BCUT2D eigenvalue weighted by Gasteiger charge is 2.82. The Balaban J connectivity index is 6.30. The average molecular weight is 380 g/mol. The summed E-state index contributed by atoms with van der Waals surface area (Å²) in [6.07, 6.45) is -7.85. The lowest BCUT2D eigenvalue weighted by atomic mass is 10.1. The number of methoxy groups -OCH3 is 1. The van der Waals surface area contributed by atoms with E-state index in [1.54, 1.807) is 0 Å². The van der Waals surface area contributed by atoms with Crippen LogP contribution >= 0.6 is 0 Å².